The van der Waals surface area contributed by atoms with Gasteiger partial charge in [-0.15, -0.1) is 0 Å². The Labute approximate surface area is 263 Å². The molecule has 23 heteroatoms. The number of carbonyl (C=O) groups is 1. The van der Waals surface area contributed by atoms with Crippen LogP contribution in [-0.4, -0.2) is 111 Å². The largest absolute Gasteiger partial charge is 0.481 e. The third-order valence-electron chi connectivity index (χ3n) is 7.93. The fourth-order valence-corrected chi connectivity index (χ4v) is 9.90. The zero-order valence-corrected chi connectivity index (χ0v) is 26.8. The van der Waals surface area contributed by atoms with Crippen molar-refractivity contribution in [2.45, 2.75) is 56.4 Å². The van der Waals surface area contributed by atoms with Gasteiger partial charge in [0.25, 0.3) is 0 Å². The number of amides is 1. The average Bonchev–Trinajstić information content (AvgIpc) is 3.54. The first-order chi connectivity index (χ1) is 21.0. The Kier molecular flexibility index (Phi) is 9.94. The second kappa shape index (κ2) is 12.8. The molecule has 13 atom stereocenters. The molecule has 4 heterocycles. The minimum absolute atomic E-state index is 0.176. The molecular formula is C22H31N5O14P2S2. The molecular weight excluding hydrogens is 684 g/mol. The number of ether oxygens (including phenoxy) is 2. The zero-order valence-electron chi connectivity index (χ0n) is 23.4. The molecule has 5 rings (SSSR count). The van der Waals surface area contributed by atoms with Crippen LogP contribution in [0.25, 0.3) is 11.0 Å². The number of hydrogen-bond donors (Lipinski definition) is 8. The molecule has 2 aliphatic heterocycles. The molecule has 2 aromatic rings. The highest BCUT2D eigenvalue weighted by atomic mass is 32.5. The van der Waals surface area contributed by atoms with E-state index < -0.39 is 94.0 Å². The van der Waals surface area contributed by atoms with E-state index in [-0.39, 0.29) is 11.7 Å². The first-order valence-corrected chi connectivity index (χ1v) is 18.2. The Balaban J connectivity index is 1.26. The van der Waals surface area contributed by atoms with Crippen molar-refractivity contribution in [3.05, 3.63) is 11.2 Å². The lowest BCUT2D eigenvalue weighted by atomic mass is 9.86. The Morgan fingerprint density at radius 3 is 2.69 bits per heavy atom. The molecule has 9 N–H and O–H groups in total. The SMILES string of the molecule is CC(=O)N=CC1[C@@H](COP(O)(=S)OP(=O)(O)OC2OC3(O)C2C(O)C(O)C3[C@@H](O)CO)O[C@@H](c2snc3c(N)ncnc23)[C@H]1C. The van der Waals surface area contributed by atoms with E-state index in [9.17, 15) is 44.7 Å². The van der Waals surface area contributed by atoms with E-state index in [4.69, 9.17) is 40.4 Å². The van der Waals surface area contributed by atoms with Gasteiger partial charge in [-0.3, -0.25) is 9.32 Å². The van der Waals surface area contributed by atoms with Crippen molar-refractivity contribution in [3.63, 3.8) is 0 Å². The highest BCUT2D eigenvalue weighted by Gasteiger charge is 2.73. The highest BCUT2D eigenvalue weighted by molar-refractivity contribution is 8.08. The van der Waals surface area contributed by atoms with Gasteiger partial charge < -0.3 is 55.1 Å². The topological polar surface area (TPSA) is 299 Å². The van der Waals surface area contributed by atoms with Crippen molar-refractivity contribution >= 4 is 66.9 Å². The second-order valence-corrected chi connectivity index (χ2v) is 16.0. The Morgan fingerprint density at radius 2 is 2.02 bits per heavy atom. The van der Waals surface area contributed by atoms with Crippen LogP contribution in [0.4, 0.5) is 5.82 Å². The number of phosphoric ester groups is 1. The molecule has 9 unspecified atom stereocenters. The normalized spacial score (nSPS) is 38.1. The average molecular weight is 716 g/mol. The van der Waals surface area contributed by atoms with E-state index in [0.717, 1.165) is 11.5 Å². The summed E-state index contributed by atoms with van der Waals surface area (Å²) in [5, 5.41) is 50.4. The molecule has 2 saturated heterocycles. The van der Waals surface area contributed by atoms with E-state index in [1.807, 2.05) is 6.92 Å². The Morgan fingerprint density at radius 1 is 1.31 bits per heavy atom. The van der Waals surface area contributed by atoms with E-state index in [0.29, 0.717) is 15.9 Å². The number of nitrogens with zero attached hydrogens (tertiary/aromatic N) is 4. The molecule has 0 aromatic carbocycles. The number of aliphatic hydroxyl groups excluding tert-OH is 4. The van der Waals surface area contributed by atoms with Crippen molar-refractivity contribution in [1.29, 1.82) is 0 Å². The standard InChI is InChI=1S/C22H31N5O14P2S2/c1-7-9(3-24-8(2)29)11(38-18(7)19-14-15(27-45-19)20(23)26-6-25-14)5-37-43(36,44)41-42(34,35)40-21-13-17(32)16(31)12(10(30)4-28)22(13,33)39-21/h3,6-7,9-13,16-18,21,28,30-33H,4-5H2,1-2H3,(H,34,35)(H,36,44)(H2,23,25,26)/t7-,9?,10-,11+,12?,13?,16?,17?,18+,21?,22?,43?/m0/s1. The van der Waals surface area contributed by atoms with Crippen LogP contribution in [0, 0.1) is 23.7 Å². The summed E-state index contributed by atoms with van der Waals surface area (Å²) in [6.45, 7) is -2.88. The quantitative estimate of drug-likeness (QED) is 0.0991. The van der Waals surface area contributed by atoms with Crippen molar-refractivity contribution < 1.29 is 67.5 Å². The van der Waals surface area contributed by atoms with Crippen molar-refractivity contribution in [3.8, 4) is 0 Å². The van der Waals surface area contributed by atoms with Crippen LogP contribution in [0.5, 0.6) is 0 Å². The molecule has 1 amide bonds. The first kappa shape index (κ1) is 34.8. The van der Waals surface area contributed by atoms with Gasteiger partial charge >= 0.3 is 14.5 Å². The molecule has 19 nitrogen and oxygen atoms in total. The first-order valence-electron chi connectivity index (χ1n) is 13.3. The van der Waals surface area contributed by atoms with Crippen LogP contribution in [0.15, 0.2) is 11.3 Å². The maximum atomic E-state index is 12.8. The third-order valence-corrected chi connectivity index (χ3v) is 12.3. The number of fused-ring (bicyclic) bond motifs is 2. The van der Waals surface area contributed by atoms with Crippen molar-refractivity contribution in [1.82, 2.24) is 14.3 Å². The number of aromatic nitrogens is 3. The third kappa shape index (κ3) is 6.64. The van der Waals surface area contributed by atoms with Gasteiger partial charge in [-0.05, 0) is 29.3 Å². The van der Waals surface area contributed by atoms with Gasteiger partial charge in [0.15, 0.2) is 17.9 Å². The van der Waals surface area contributed by atoms with Gasteiger partial charge in [0.2, 0.25) is 5.91 Å². The number of nitrogens with two attached hydrogens (primary N) is 1. The molecule has 0 bridgehead atoms. The summed E-state index contributed by atoms with van der Waals surface area (Å²) in [4.78, 5) is 45.1. The van der Waals surface area contributed by atoms with Gasteiger partial charge in [0.1, 0.15) is 17.4 Å². The summed E-state index contributed by atoms with van der Waals surface area (Å²) in [6.07, 6.45) is -6.04. The fourth-order valence-electron chi connectivity index (χ4n) is 5.82. The molecule has 3 aliphatic rings. The second-order valence-electron chi connectivity index (χ2n) is 10.8. The molecule has 1 aliphatic carbocycles. The van der Waals surface area contributed by atoms with E-state index >= 15 is 0 Å². The lowest BCUT2D eigenvalue weighted by Gasteiger charge is -2.49. The van der Waals surface area contributed by atoms with E-state index in [2.05, 4.69) is 19.3 Å². The number of carbonyl (C=O) groups excluding carboxylic acids is 1. The molecule has 0 radical (unpaired) electrons. The monoisotopic (exact) mass is 715 g/mol. The number of anilines is 1. The van der Waals surface area contributed by atoms with Gasteiger partial charge in [-0.25, -0.2) is 23.8 Å². The minimum atomic E-state index is -5.32. The highest BCUT2D eigenvalue weighted by Crippen LogP contribution is 2.65. The van der Waals surface area contributed by atoms with Crippen LogP contribution >= 0.6 is 26.1 Å². The summed E-state index contributed by atoms with van der Waals surface area (Å²) >= 11 is 5.99. The number of hydrogen-bond acceptors (Lipinski definition) is 18. The van der Waals surface area contributed by atoms with E-state index in [1.54, 1.807) is 0 Å². The molecule has 1 saturated carbocycles. The molecule has 3 fully saturated rings. The van der Waals surface area contributed by atoms with Gasteiger partial charge in [-0.2, -0.15) is 4.37 Å². The molecule has 2 aromatic heterocycles. The zero-order chi connectivity index (χ0) is 33.1. The van der Waals surface area contributed by atoms with Gasteiger partial charge in [-0.1, -0.05) is 6.92 Å². The predicted molar refractivity (Wildman–Crippen MR) is 155 cm³/mol. The van der Waals surface area contributed by atoms with Gasteiger partial charge in [0, 0.05) is 19.1 Å². The van der Waals surface area contributed by atoms with Crippen LogP contribution in [0.1, 0.15) is 24.8 Å². The number of nitrogen functional groups attached to an aromatic ring is 1. The lowest BCUT2D eigenvalue weighted by Crippen LogP contribution is -2.64. The van der Waals surface area contributed by atoms with Crippen LogP contribution in [0.3, 0.4) is 0 Å². The number of aliphatic imine (C=N–C) groups is 1. The Hall–Kier alpha value is -1.49. The smallest absolute Gasteiger partial charge is 0.394 e. The maximum Gasteiger partial charge on any atom is 0.481 e. The molecule has 0 spiro atoms. The van der Waals surface area contributed by atoms with Crippen molar-refractivity contribution in [2.75, 3.05) is 18.9 Å². The fraction of sp³-hybridized carbons (Fsp3) is 0.682. The number of rotatable bonds is 11. The summed E-state index contributed by atoms with van der Waals surface area (Å²) in [7, 11) is -5.32. The van der Waals surface area contributed by atoms with Crippen LogP contribution in [-0.2, 0) is 44.0 Å². The molecule has 45 heavy (non-hydrogen) atoms. The lowest BCUT2D eigenvalue weighted by molar-refractivity contribution is -0.427. The summed E-state index contributed by atoms with van der Waals surface area (Å²) < 4.78 is 43.2. The van der Waals surface area contributed by atoms with Crippen LogP contribution in [0.2, 0.25) is 0 Å². The summed E-state index contributed by atoms with van der Waals surface area (Å²) in [6, 6.07) is 0. The predicted octanol–water partition coefficient (Wildman–Crippen LogP) is -1.29. The number of phosphoric acid groups is 1. The van der Waals surface area contributed by atoms with Crippen molar-refractivity contribution in [2.24, 2.45) is 28.7 Å². The Bertz CT molecular complexity index is 1570. The minimum Gasteiger partial charge on any atom is -0.394 e. The molecule has 250 valence electrons. The number of aliphatic hydroxyl groups is 5. The van der Waals surface area contributed by atoms with E-state index in [1.165, 1.54) is 19.5 Å². The van der Waals surface area contributed by atoms with Gasteiger partial charge in [0.05, 0.1) is 60.4 Å². The van der Waals surface area contributed by atoms with Crippen LogP contribution < -0.4 is 5.73 Å². The maximum absolute atomic E-state index is 12.8. The summed E-state index contributed by atoms with van der Waals surface area (Å²) in [5.74, 6) is -6.76. The summed E-state index contributed by atoms with van der Waals surface area (Å²) in [5.41, 5.74) is 6.75.